The number of allylic oxidation sites excluding steroid dienone is 3. The molecule has 1 fully saturated rings. The van der Waals surface area contributed by atoms with Crippen LogP contribution in [0.15, 0.2) is 33.8 Å². The summed E-state index contributed by atoms with van der Waals surface area (Å²) in [4.78, 5) is 8.59. The van der Waals surface area contributed by atoms with Crippen LogP contribution in [0.1, 0.15) is 26.2 Å². The normalized spacial score (nSPS) is 29.0. The number of hydrogen-bond acceptors (Lipinski definition) is 2. The Morgan fingerprint density at radius 2 is 2.40 bits per heavy atom. The summed E-state index contributed by atoms with van der Waals surface area (Å²) in [6, 6.07) is 0. The highest BCUT2D eigenvalue weighted by molar-refractivity contribution is 6.00. The molecule has 0 aliphatic heterocycles. The molecular weight excluding hydrogens is 184 g/mol. The standard InChI is InChI=1S/C13H18N2/c1-4-10-6-7-13(8-11(10)13)12(9-14-3)15-5-2/h4H,1,3,5-9H2,2H3. The first-order valence-electron chi connectivity index (χ1n) is 5.59. The largest absolute Gasteiger partial charge is 0.295 e. The smallest absolute Gasteiger partial charge is 0.0769 e. The second kappa shape index (κ2) is 3.76. The van der Waals surface area contributed by atoms with Gasteiger partial charge in [0.25, 0.3) is 0 Å². The fourth-order valence-electron chi connectivity index (χ4n) is 2.71. The van der Waals surface area contributed by atoms with Gasteiger partial charge in [-0.05, 0) is 38.5 Å². The van der Waals surface area contributed by atoms with Crippen molar-refractivity contribution in [3.05, 3.63) is 23.8 Å². The Bertz CT molecular complexity index is 363. The van der Waals surface area contributed by atoms with Crippen molar-refractivity contribution in [1.29, 1.82) is 0 Å². The molecule has 1 atom stereocenters. The average molecular weight is 202 g/mol. The minimum Gasteiger partial charge on any atom is -0.295 e. The second-order valence-corrected chi connectivity index (χ2v) is 4.27. The first-order chi connectivity index (χ1) is 7.28. The number of fused-ring (bicyclic) bond motifs is 1. The van der Waals surface area contributed by atoms with Crippen LogP contribution in [-0.2, 0) is 0 Å². The number of rotatable bonds is 5. The van der Waals surface area contributed by atoms with Gasteiger partial charge < -0.3 is 0 Å². The van der Waals surface area contributed by atoms with Gasteiger partial charge in [-0.3, -0.25) is 9.98 Å². The summed E-state index contributed by atoms with van der Waals surface area (Å²) >= 11 is 0. The average Bonchev–Trinajstić information content (AvgIpc) is 2.87. The molecule has 15 heavy (non-hydrogen) atoms. The van der Waals surface area contributed by atoms with Crippen molar-refractivity contribution in [2.45, 2.75) is 26.2 Å². The van der Waals surface area contributed by atoms with E-state index in [1.54, 1.807) is 5.57 Å². The van der Waals surface area contributed by atoms with Crippen molar-refractivity contribution in [3.63, 3.8) is 0 Å². The van der Waals surface area contributed by atoms with Crippen LogP contribution in [0.2, 0.25) is 0 Å². The zero-order valence-electron chi connectivity index (χ0n) is 9.42. The van der Waals surface area contributed by atoms with Crippen LogP contribution >= 0.6 is 0 Å². The molecule has 1 unspecified atom stereocenters. The van der Waals surface area contributed by atoms with Crippen LogP contribution in [-0.4, -0.2) is 25.5 Å². The van der Waals surface area contributed by atoms with E-state index >= 15 is 0 Å². The van der Waals surface area contributed by atoms with Gasteiger partial charge in [0.1, 0.15) is 0 Å². The van der Waals surface area contributed by atoms with E-state index in [9.17, 15) is 0 Å². The molecule has 2 nitrogen and oxygen atoms in total. The fraction of sp³-hybridized carbons (Fsp3) is 0.538. The molecule has 2 aliphatic carbocycles. The van der Waals surface area contributed by atoms with E-state index < -0.39 is 0 Å². The van der Waals surface area contributed by atoms with Crippen molar-refractivity contribution in [2.75, 3.05) is 13.1 Å². The summed E-state index contributed by atoms with van der Waals surface area (Å²) in [6.45, 7) is 11.1. The molecular formula is C13H18N2. The molecule has 0 aromatic carbocycles. The van der Waals surface area contributed by atoms with E-state index in [4.69, 9.17) is 0 Å². The van der Waals surface area contributed by atoms with E-state index in [1.165, 1.54) is 30.5 Å². The van der Waals surface area contributed by atoms with Crippen molar-refractivity contribution >= 4 is 12.4 Å². The van der Waals surface area contributed by atoms with E-state index in [1.807, 2.05) is 6.08 Å². The van der Waals surface area contributed by atoms with Crippen molar-refractivity contribution < 1.29 is 0 Å². The van der Waals surface area contributed by atoms with E-state index in [2.05, 4.69) is 30.2 Å². The third-order valence-corrected chi connectivity index (χ3v) is 3.55. The number of aliphatic imine (C=N–C) groups is 2. The van der Waals surface area contributed by atoms with Crippen molar-refractivity contribution in [1.82, 2.24) is 0 Å². The lowest BCUT2D eigenvalue weighted by Crippen LogP contribution is -2.18. The van der Waals surface area contributed by atoms with Crippen molar-refractivity contribution in [2.24, 2.45) is 15.4 Å². The summed E-state index contributed by atoms with van der Waals surface area (Å²) in [5.74, 6) is 0. The van der Waals surface area contributed by atoms with Gasteiger partial charge >= 0.3 is 0 Å². The summed E-state index contributed by atoms with van der Waals surface area (Å²) in [7, 11) is 0. The Balaban J connectivity index is 2.25. The van der Waals surface area contributed by atoms with Crippen LogP contribution in [0.25, 0.3) is 0 Å². The number of nitrogens with zero attached hydrogens (tertiary/aromatic N) is 2. The van der Waals surface area contributed by atoms with Crippen LogP contribution in [0, 0.1) is 5.41 Å². The first kappa shape index (κ1) is 10.3. The predicted octanol–water partition coefficient (Wildman–Crippen LogP) is 2.81. The Morgan fingerprint density at radius 3 is 2.87 bits per heavy atom. The summed E-state index contributed by atoms with van der Waals surface area (Å²) in [5, 5.41) is 0. The minimum atomic E-state index is 0.278. The zero-order valence-corrected chi connectivity index (χ0v) is 9.42. The molecule has 2 rings (SSSR count). The lowest BCUT2D eigenvalue weighted by Gasteiger charge is -2.12. The Morgan fingerprint density at radius 1 is 1.60 bits per heavy atom. The van der Waals surface area contributed by atoms with Gasteiger partial charge in [0, 0.05) is 17.7 Å². The zero-order chi connectivity index (χ0) is 10.9. The molecule has 0 spiro atoms. The van der Waals surface area contributed by atoms with Gasteiger partial charge in [0.05, 0.1) is 6.54 Å². The topological polar surface area (TPSA) is 24.7 Å². The van der Waals surface area contributed by atoms with Crippen LogP contribution in [0.3, 0.4) is 0 Å². The Labute approximate surface area is 91.5 Å². The molecule has 0 radical (unpaired) electrons. The maximum atomic E-state index is 4.59. The molecule has 0 N–H and O–H groups in total. The fourth-order valence-corrected chi connectivity index (χ4v) is 2.71. The second-order valence-electron chi connectivity index (χ2n) is 4.27. The summed E-state index contributed by atoms with van der Waals surface area (Å²) in [5.41, 5.74) is 4.53. The molecule has 0 amide bonds. The SMILES string of the molecule is C=CC1=C2CC2(C(CN=C)=NCC)CC1. The lowest BCUT2D eigenvalue weighted by atomic mass is 9.96. The van der Waals surface area contributed by atoms with Crippen LogP contribution in [0.4, 0.5) is 0 Å². The van der Waals surface area contributed by atoms with Crippen molar-refractivity contribution in [3.8, 4) is 0 Å². The summed E-state index contributed by atoms with van der Waals surface area (Å²) < 4.78 is 0. The quantitative estimate of drug-likeness (QED) is 0.612. The van der Waals surface area contributed by atoms with Gasteiger partial charge in [-0.1, -0.05) is 18.2 Å². The van der Waals surface area contributed by atoms with E-state index in [0.717, 1.165) is 6.54 Å². The van der Waals surface area contributed by atoms with Gasteiger partial charge in [-0.15, -0.1) is 0 Å². The molecule has 0 aromatic rings. The van der Waals surface area contributed by atoms with Gasteiger partial charge in [-0.25, -0.2) is 0 Å². The molecule has 1 saturated carbocycles. The number of hydrogen-bond donors (Lipinski definition) is 0. The molecule has 2 heteroatoms. The molecule has 0 aromatic heterocycles. The Kier molecular flexibility index (Phi) is 2.59. The first-order valence-corrected chi connectivity index (χ1v) is 5.59. The van der Waals surface area contributed by atoms with E-state index in [0.29, 0.717) is 6.54 Å². The van der Waals surface area contributed by atoms with E-state index in [-0.39, 0.29) is 5.41 Å². The van der Waals surface area contributed by atoms with Gasteiger partial charge in [0.15, 0.2) is 0 Å². The molecule has 0 heterocycles. The highest BCUT2D eigenvalue weighted by atomic mass is 14.8. The lowest BCUT2D eigenvalue weighted by molar-refractivity contribution is 0.665. The Hall–Kier alpha value is -1.18. The maximum absolute atomic E-state index is 4.59. The predicted molar refractivity (Wildman–Crippen MR) is 65.9 cm³/mol. The van der Waals surface area contributed by atoms with Crippen LogP contribution < -0.4 is 0 Å². The highest BCUT2D eigenvalue weighted by Gasteiger charge is 2.56. The minimum absolute atomic E-state index is 0.278. The third-order valence-electron chi connectivity index (χ3n) is 3.55. The van der Waals surface area contributed by atoms with Gasteiger partial charge in [-0.2, -0.15) is 0 Å². The summed E-state index contributed by atoms with van der Waals surface area (Å²) in [6.07, 6.45) is 5.56. The monoisotopic (exact) mass is 202 g/mol. The van der Waals surface area contributed by atoms with Gasteiger partial charge in [0.2, 0.25) is 0 Å². The van der Waals surface area contributed by atoms with Crippen LogP contribution in [0.5, 0.6) is 0 Å². The molecule has 0 saturated heterocycles. The maximum Gasteiger partial charge on any atom is 0.0769 e. The molecule has 2 aliphatic rings. The molecule has 80 valence electrons. The molecule has 0 bridgehead atoms. The highest BCUT2D eigenvalue weighted by Crippen LogP contribution is 2.63. The third kappa shape index (κ3) is 1.48.